The second-order valence-corrected chi connectivity index (χ2v) is 4.22. The summed E-state index contributed by atoms with van der Waals surface area (Å²) in [5.74, 6) is 1.30. The Morgan fingerprint density at radius 2 is 2.12 bits per heavy atom. The van der Waals surface area contributed by atoms with Crippen LogP contribution < -0.4 is 14.8 Å². The highest BCUT2D eigenvalue weighted by molar-refractivity contribution is 5.81. The van der Waals surface area contributed by atoms with Crippen molar-refractivity contribution in [2.75, 3.05) is 7.11 Å². The smallest absolute Gasteiger partial charge is 0.260 e. The zero-order chi connectivity index (χ0) is 12.3. The van der Waals surface area contributed by atoms with E-state index < -0.39 is 6.10 Å². The number of carbonyl (C=O) groups excluding carboxylic acids is 1. The van der Waals surface area contributed by atoms with Crippen LogP contribution in [0.3, 0.4) is 0 Å². The van der Waals surface area contributed by atoms with E-state index >= 15 is 0 Å². The van der Waals surface area contributed by atoms with Gasteiger partial charge in [0.1, 0.15) is 11.5 Å². The van der Waals surface area contributed by atoms with Crippen LogP contribution in [0.25, 0.3) is 0 Å². The number of carbonyl (C=O) groups is 1. The lowest BCUT2D eigenvalue weighted by atomic mass is 10.3. The highest BCUT2D eigenvalue weighted by Gasteiger charge is 2.26. The summed E-state index contributed by atoms with van der Waals surface area (Å²) < 4.78 is 10.6. The van der Waals surface area contributed by atoms with E-state index in [1.165, 1.54) is 0 Å². The monoisotopic (exact) mass is 235 g/mol. The number of rotatable bonds is 5. The summed E-state index contributed by atoms with van der Waals surface area (Å²) in [7, 11) is 1.60. The molecule has 4 nitrogen and oxygen atoms in total. The maximum atomic E-state index is 11.7. The summed E-state index contributed by atoms with van der Waals surface area (Å²) in [6, 6.07) is 7.60. The molecule has 1 N–H and O–H groups in total. The lowest BCUT2D eigenvalue weighted by molar-refractivity contribution is -0.127. The third-order valence-electron chi connectivity index (χ3n) is 2.65. The molecule has 1 aliphatic carbocycles. The van der Waals surface area contributed by atoms with E-state index in [1.807, 2.05) is 18.2 Å². The van der Waals surface area contributed by atoms with Gasteiger partial charge in [-0.3, -0.25) is 4.79 Å². The molecule has 0 bridgehead atoms. The van der Waals surface area contributed by atoms with E-state index in [0.29, 0.717) is 11.8 Å². The van der Waals surface area contributed by atoms with Crippen LogP contribution in [0.1, 0.15) is 19.8 Å². The van der Waals surface area contributed by atoms with E-state index in [1.54, 1.807) is 20.1 Å². The van der Waals surface area contributed by atoms with Gasteiger partial charge in [-0.1, -0.05) is 6.07 Å². The molecule has 0 aliphatic heterocycles. The molecule has 1 amide bonds. The van der Waals surface area contributed by atoms with Crippen LogP contribution in [0, 0.1) is 0 Å². The van der Waals surface area contributed by atoms with E-state index in [-0.39, 0.29) is 5.91 Å². The molecular formula is C13H17NO3. The summed E-state index contributed by atoms with van der Waals surface area (Å²) in [5, 5.41) is 2.91. The average Bonchev–Trinajstić information content (AvgIpc) is 3.13. The van der Waals surface area contributed by atoms with Gasteiger partial charge in [0.05, 0.1) is 7.11 Å². The van der Waals surface area contributed by atoms with Crippen LogP contribution in [-0.2, 0) is 4.79 Å². The van der Waals surface area contributed by atoms with Gasteiger partial charge in [-0.25, -0.2) is 0 Å². The van der Waals surface area contributed by atoms with E-state index in [9.17, 15) is 4.79 Å². The first-order chi connectivity index (χ1) is 8.19. The second kappa shape index (κ2) is 5.08. The zero-order valence-electron chi connectivity index (χ0n) is 10.1. The molecule has 1 aromatic carbocycles. The van der Waals surface area contributed by atoms with Gasteiger partial charge in [0, 0.05) is 12.1 Å². The molecule has 1 saturated carbocycles. The van der Waals surface area contributed by atoms with Gasteiger partial charge < -0.3 is 14.8 Å². The topological polar surface area (TPSA) is 47.6 Å². The minimum Gasteiger partial charge on any atom is -0.497 e. The summed E-state index contributed by atoms with van der Waals surface area (Å²) in [6.07, 6.45) is 1.68. The van der Waals surface area contributed by atoms with Crippen molar-refractivity contribution in [3.05, 3.63) is 24.3 Å². The van der Waals surface area contributed by atoms with E-state index in [2.05, 4.69) is 5.32 Å². The molecule has 0 radical (unpaired) electrons. The first-order valence-corrected chi connectivity index (χ1v) is 5.80. The largest absolute Gasteiger partial charge is 0.497 e. The lowest BCUT2D eigenvalue weighted by Gasteiger charge is -2.14. The Morgan fingerprint density at radius 1 is 1.41 bits per heavy atom. The molecule has 1 unspecified atom stereocenters. The first-order valence-electron chi connectivity index (χ1n) is 5.80. The van der Waals surface area contributed by atoms with Crippen molar-refractivity contribution in [2.24, 2.45) is 0 Å². The van der Waals surface area contributed by atoms with E-state index in [0.717, 1.165) is 18.6 Å². The van der Waals surface area contributed by atoms with Crippen LogP contribution >= 0.6 is 0 Å². The molecule has 1 atom stereocenters. The van der Waals surface area contributed by atoms with Gasteiger partial charge in [0.15, 0.2) is 6.10 Å². The molecule has 1 aromatic rings. The third kappa shape index (κ3) is 3.37. The number of methoxy groups -OCH3 is 1. The van der Waals surface area contributed by atoms with Crippen molar-refractivity contribution in [1.82, 2.24) is 5.32 Å². The predicted octanol–water partition coefficient (Wildman–Crippen LogP) is 1.74. The molecule has 4 heteroatoms. The van der Waals surface area contributed by atoms with Gasteiger partial charge >= 0.3 is 0 Å². The highest BCUT2D eigenvalue weighted by atomic mass is 16.5. The minimum absolute atomic E-state index is 0.0599. The first kappa shape index (κ1) is 11.8. The Morgan fingerprint density at radius 3 is 2.76 bits per heavy atom. The van der Waals surface area contributed by atoms with Crippen LogP contribution in [0.5, 0.6) is 11.5 Å². The fraction of sp³-hybridized carbons (Fsp3) is 0.462. The number of benzene rings is 1. The molecule has 2 rings (SSSR count). The molecule has 1 aliphatic rings. The Bertz CT molecular complexity index is 401. The number of ether oxygens (including phenoxy) is 2. The average molecular weight is 235 g/mol. The predicted molar refractivity (Wildman–Crippen MR) is 64.2 cm³/mol. The quantitative estimate of drug-likeness (QED) is 0.845. The highest BCUT2D eigenvalue weighted by Crippen LogP contribution is 2.21. The number of nitrogens with one attached hydrogen (secondary N) is 1. The molecule has 1 fully saturated rings. The van der Waals surface area contributed by atoms with Crippen molar-refractivity contribution < 1.29 is 14.3 Å². The summed E-state index contributed by atoms with van der Waals surface area (Å²) in [4.78, 5) is 11.7. The normalized spacial score (nSPS) is 16.1. The zero-order valence-corrected chi connectivity index (χ0v) is 10.1. The van der Waals surface area contributed by atoms with Crippen molar-refractivity contribution in [1.29, 1.82) is 0 Å². The Labute approximate surface area is 101 Å². The minimum atomic E-state index is -0.484. The molecule has 0 heterocycles. The van der Waals surface area contributed by atoms with Crippen LogP contribution in [0.4, 0.5) is 0 Å². The van der Waals surface area contributed by atoms with Crippen molar-refractivity contribution in [2.45, 2.75) is 31.9 Å². The third-order valence-corrected chi connectivity index (χ3v) is 2.65. The van der Waals surface area contributed by atoms with Gasteiger partial charge in [0.25, 0.3) is 5.91 Å². The van der Waals surface area contributed by atoms with Crippen LogP contribution in [-0.4, -0.2) is 25.2 Å². The summed E-state index contributed by atoms with van der Waals surface area (Å²) >= 11 is 0. The SMILES string of the molecule is COc1cccc(OC(C)C(=O)NC2CC2)c1. The number of hydrogen-bond acceptors (Lipinski definition) is 3. The van der Waals surface area contributed by atoms with E-state index in [4.69, 9.17) is 9.47 Å². The Kier molecular flexibility index (Phi) is 3.52. The summed E-state index contributed by atoms with van der Waals surface area (Å²) in [6.45, 7) is 1.75. The lowest BCUT2D eigenvalue weighted by Crippen LogP contribution is -2.37. The van der Waals surface area contributed by atoms with Crippen molar-refractivity contribution in [3.8, 4) is 11.5 Å². The fourth-order valence-electron chi connectivity index (χ4n) is 1.48. The van der Waals surface area contributed by atoms with Gasteiger partial charge in [-0.15, -0.1) is 0 Å². The Balaban J connectivity index is 1.91. The van der Waals surface area contributed by atoms with Crippen molar-refractivity contribution in [3.63, 3.8) is 0 Å². The standard InChI is InChI=1S/C13H17NO3/c1-9(13(15)14-10-6-7-10)17-12-5-3-4-11(8-12)16-2/h3-5,8-10H,6-7H2,1-2H3,(H,14,15). The van der Waals surface area contributed by atoms with Gasteiger partial charge in [-0.2, -0.15) is 0 Å². The maximum absolute atomic E-state index is 11.7. The van der Waals surface area contributed by atoms with Crippen molar-refractivity contribution >= 4 is 5.91 Å². The molecule has 17 heavy (non-hydrogen) atoms. The second-order valence-electron chi connectivity index (χ2n) is 4.22. The molecule has 92 valence electrons. The fourth-order valence-corrected chi connectivity index (χ4v) is 1.48. The van der Waals surface area contributed by atoms with Gasteiger partial charge in [-0.05, 0) is 31.9 Å². The molecule has 0 aromatic heterocycles. The molecule has 0 spiro atoms. The Hall–Kier alpha value is -1.71. The van der Waals surface area contributed by atoms with Crippen LogP contribution in [0.15, 0.2) is 24.3 Å². The molecule has 0 saturated heterocycles. The molecular weight excluding hydrogens is 218 g/mol. The van der Waals surface area contributed by atoms with Crippen LogP contribution in [0.2, 0.25) is 0 Å². The number of hydrogen-bond donors (Lipinski definition) is 1. The number of amides is 1. The summed E-state index contributed by atoms with van der Waals surface area (Å²) in [5.41, 5.74) is 0. The van der Waals surface area contributed by atoms with Gasteiger partial charge in [0.2, 0.25) is 0 Å². The maximum Gasteiger partial charge on any atom is 0.260 e.